The van der Waals surface area contributed by atoms with Gasteiger partial charge in [0.2, 0.25) is 0 Å². The summed E-state index contributed by atoms with van der Waals surface area (Å²) in [5.41, 5.74) is 7.28. The molecule has 0 saturated heterocycles. The van der Waals surface area contributed by atoms with Gasteiger partial charge in [-0.1, -0.05) is 0 Å². The van der Waals surface area contributed by atoms with Gasteiger partial charge in [-0.05, 0) is 25.3 Å². The Balaban J connectivity index is 2.53. The summed E-state index contributed by atoms with van der Waals surface area (Å²) in [6.45, 7) is 2.85. The van der Waals surface area contributed by atoms with Gasteiger partial charge in [-0.2, -0.15) is 11.8 Å². The first-order valence-electron chi connectivity index (χ1n) is 4.20. The van der Waals surface area contributed by atoms with E-state index in [4.69, 9.17) is 5.73 Å². The number of hydrogen-bond acceptors (Lipinski definition) is 4. The molecular formula is C9H15N3S. The van der Waals surface area contributed by atoms with Gasteiger partial charge >= 0.3 is 0 Å². The van der Waals surface area contributed by atoms with Crippen molar-refractivity contribution in [2.24, 2.45) is 0 Å². The molecule has 3 N–H and O–H groups in total. The molecule has 0 atom stereocenters. The number of nitrogen functional groups attached to an aromatic ring is 1. The lowest BCUT2D eigenvalue weighted by Gasteiger charge is -2.06. The van der Waals surface area contributed by atoms with Crippen molar-refractivity contribution in [2.75, 3.05) is 29.6 Å². The van der Waals surface area contributed by atoms with Crippen LogP contribution in [-0.4, -0.2) is 23.5 Å². The van der Waals surface area contributed by atoms with E-state index in [0.717, 1.165) is 29.5 Å². The third kappa shape index (κ3) is 3.14. The fourth-order valence-corrected chi connectivity index (χ4v) is 1.26. The third-order valence-electron chi connectivity index (χ3n) is 1.74. The van der Waals surface area contributed by atoms with Crippen LogP contribution in [0.5, 0.6) is 0 Å². The Labute approximate surface area is 83.1 Å². The minimum atomic E-state index is 0.746. The van der Waals surface area contributed by atoms with Crippen LogP contribution in [0.1, 0.15) is 5.69 Å². The maximum absolute atomic E-state index is 5.65. The van der Waals surface area contributed by atoms with E-state index in [-0.39, 0.29) is 0 Å². The van der Waals surface area contributed by atoms with Gasteiger partial charge in [0.05, 0.1) is 11.4 Å². The monoisotopic (exact) mass is 197 g/mol. The quantitative estimate of drug-likeness (QED) is 0.722. The SMILES string of the molecule is CSCCNc1ccc(N)c(C)n1. The summed E-state index contributed by atoms with van der Waals surface area (Å²) in [4.78, 5) is 4.30. The second-order valence-corrected chi connectivity index (χ2v) is 3.78. The number of anilines is 2. The Hall–Kier alpha value is -0.900. The van der Waals surface area contributed by atoms with Crippen molar-refractivity contribution in [3.8, 4) is 0 Å². The molecule has 0 bridgehead atoms. The summed E-state index contributed by atoms with van der Waals surface area (Å²) in [5.74, 6) is 1.99. The van der Waals surface area contributed by atoms with Crippen LogP contribution in [0.2, 0.25) is 0 Å². The number of aromatic nitrogens is 1. The van der Waals surface area contributed by atoms with Crippen LogP contribution in [0.4, 0.5) is 11.5 Å². The molecule has 0 aliphatic heterocycles. The predicted octanol–water partition coefficient (Wildman–Crippen LogP) is 1.75. The zero-order valence-corrected chi connectivity index (χ0v) is 8.82. The maximum Gasteiger partial charge on any atom is 0.126 e. The first-order chi connectivity index (χ1) is 6.24. The van der Waals surface area contributed by atoms with E-state index in [0.29, 0.717) is 0 Å². The molecule has 1 rings (SSSR count). The molecular weight excluding hydrogens is 182 g/mol. The molecule has 4 heteroatoms. The largest absolute Gasteiger partial charge is 0.397 e. The molecule has 0 amide bonds. The van der Waals surface area contributed by atoms with Gasteiger partial charge in [0.1, 0.15) is 5.82 Å². The fourth-order valence-electron chi connectivity index (χ4n) is 0.951. The molecule has 72 valence electrons. The maximum atomic E-state index is 5.65. The van der Waals surface area contributed by atoms with E-state index >= 15 is 0 Å². The summed E-state index contributed by atoms with van der Waals surface area (Å²) >= 11 is 1.81. The van der Waals surface area contributed by atoms with Crippen LogP contribution in [0.3, 0.4) is 0 Å². The van der Waals surface area contributed by atoms with Crippen LogP contribution >= 0.6 is 11.8 Å². The van der Waals surface area contributed by atoms with E-state index in [1.165, 1.54) is 0 Å². The van der Waals surface area contributed by atoms with Crippen LogP contribution in [0.15, 0.2) is 12.1 Å². The smallest absolute Gasteiger partial charge is 0.126 e. The molecule has 0 spiro atoms. The zero-order valence-electron chi connectivity index (χ0n) is 8.00. The van der Waals surface area contributed by atoms with E-state index in [1.54, 1.807) is 0 Å². The van der Waals surface area contributed by atoms with Gasteiger partial charge in [-0.25, -0.2) is 4.98 Å². The average molecular weight is 197 g/mol. The molecule has 1 aromatic heterocycles. The molecule has 0 saturated carbocycles. The lowest BCUT2D eigenvalue weighted by atomic mass is 10.3. The third-order valence-corrected chi connectivity index (χ3v) is 2.35. The Kier molecular flexibility index (Phi) is 3.89. The molecule has 1 aromatic rings. The fraction of sp³-hybridized carbons (Fsp3) is 0.444. The van der Waals surface area contributed by atoms with Gasteiger partial charge in [-0.15, -0.1) is 0 Å². The summed E-state index contributed by atoms with van der Waals surface area (Å²) in [6.07, 6.45) is 2.09. The Bertz CT molecular complexity index is 276. The topological polar surface area (TPSA) is 50.9 Å². The van der Waals surface area contributed by atoms with E-state index in [1.807, 2.05) is 30.8 Å². The van der Waals surface area contributed by atoms with Gasteiger partial charge in [0.15, 0.2) is 0 Å². The second kappa shape index (κ2) is 4.97. The number of aryl methyl sites for hydroxylation is 1. The average Bonchev–Trinajstić information content (AvgIpc) is 2.12. The van der Waals surface area contributed by atoms with Crippen LogP contribution in [-0.2, 0) is 0 Å². The predicted molar refractivity (Wildman–Crippen MR) is 60.3 cm³/mol. The highest BCUT2D eigenvalue weighted by Crippen LogP contribution is 2.11. The summed E-state index contributed by atoms with van der Waals surface area (Å²) < 4.78 is 0. The second-order valence-electron chi connectivity index (χ2n) is 2.79. The number of hydrogen-bond donors (Lipinski definition) is 2. The molecule has 13 heavy (non-hydrogen) atoms. The molecule has 0 aromatic carbocycles. The first-order valence-corrected chi connectivity index (χ1v) is 5.59. The molecule has 0 radical (unpaired) electrons. The summed E-state index contributed by atoms with van der Waals surface area (Å²) in [7, 11) is 0. The summed E-state index contributed by atoms with van der Waals surface area (Å²) in [6, 6.07) is 3.78. The molecule has 0 unspecified atom stereocenters. The van der Waals surface area contributed by atoms with Crippen LogP contribution < -0.4 is 11.1 Å². The molecule has 0 aliphatic rings. The van der Waals surface area contributed by atoms with E-state index in [9.17, 15) is 0 Å². The van der Waals surface area contributed by atoms with Crippen molar-refractivity contribution in [3.63, 3.8) is 0 Å². The van der Waals surface area contributed by atoms with Gasteiger partial charge < -0.3 is 11.1 Å². The van der Waals surface area contributed by atoms with Crippen LogP contribution in [0, 0.1) is 6.92 Å². The Morgan fingerprint density at radius 3 is 2.92 bits per heavy atom. The van der Waals surface area contributed by atoms with Crippen molar-refractivity contribution >= 4 is 23.3 Å². The van der Waals surface area contributed by atoms with Gasteiger partial charge in [0.25, 0.3) is 0 Å². The van der Waals surface area contributed by atoms with E-state index in [2.05, 4.69) is 16.6 Å². The lowest BCUT2D eigenvalue weighted by molar-refractivity contribution is 1.13. The van der Waals surface area contributed by atoms with Crippen molar-refractivity contribution in [2.45, 2.75) is 6.92 Å². The summed E-state index contributed by atoms with van der Waals surface area (Å²) in [5, 5.41) is 3.23. The van der Waals surface area contributed by atoms with Crippen molar-refractivity contribution in [1.82, 2.24) is 4.98 Å². The number of nitrogens with one attached hydrogen (secondary N) is 1. The highest BCUT2D eigenvalue weighted by molar-refractivity contribution is 7.98. The number of rotatable bonds is 4. The molecule has 1 heterocycles. The van der Waals surface area contributed by atoms with Crippen LogP contribution in [0.25, 0.3) is 0 Å². The molecule has 3 nitrogen and oxygen atoms in total. The normalized spacial score (nSPS) is 10.0. The standard InChI is InChI=1S/C9H15N3S/c1-7-8(10)3-4-9(12-7)11-5-6-13-2/h3-4H,5-6,10H2,1-2H3,(H,11,12). The minimum Gasteiger partial charge on any atom is -0.397 e. The van der Waals surface area contributed by atoms with Gasteiger partial charge in [-0.3, -0.25) is 0 Å². The highest BCUT2D eigenvalue weighted by Gasteiger charge is 1.96. The number of nitrogens with zero attached hydrogens (tertiary/aromatic N) is 1. The highest BCUT2D eigenvalue weighted by atomic mass is 32.2. The number of nitrogens with two attached hydrogens (primary N) is 1. The van der Waals surface area contributed by atoms with Gasteiger partial charge in [0, 0.05) is 12.3 Å². The van der Waals surface area contributed by atoms with Crippen molar-refractivity contribution < 1.29 is 0 Å². The molecule has 0 aliphatic carbocycles. The number of pyridine rings is 1. The number of thioether (sulfide) groups is 1. The zero-order chi connectivity index (χ0) is 9.68. The molecule has 0 fully saturated rings. The Morgan fingerprint density at radius 2 is 2.31 bits per heavy atom. The Morgan fingerprint density at radius 1 is 1.54 bits per heavy atom. The lowest BCUT2D eigenvalue weighted by Crippen LogP contribution is -2.06. The van der Waals surface area contributed by atoms with E-state index < -0.39 is 0 Å². The minimum absolute atomic E-state index is 0.746. The first kappa shape index (κ1) is 10.2. The van der Waals surface area contributed by atoms with Crippen molar-refractivity contribution in [1.29, 1.82) is 0 Å². The van der Waals surface area contributed by atoms with Crippen molar-refractivity contribution in [3.05, 3.63) is 17.8 Å².